The maximum Gasteiger partial charge on any atom is 0.312 e. The molecule has 6 nitrogen and oxygen atoms in total. The Kier molecular flexibility index (Phi) is 7.25. The number of primary amides is 1. The number of carbonyl (C=O) groups is 2. The van der Waals surface area contributed by atoms with E-state index in [2.05, 4.69) is 22.5 Å². The van der Waals surface area contributed by atoms with Crippen LogP contribution in [0.1, 0.15) is 39.0 Å². The summed E-state index contributed by atoms with van der Waals surface area (Å²) in [5.74, 6) is 0. The highest BCUT2D eigenvalue weighted by Gasteiger charge is 2.24. The summed E-state index contributed by atoms with van der Waals surface area (Å²) >= 11 is 0. The lowest BCUT2D eigenvalue weighted by molar-refractivity contribution is -0.110. The van der Waals surface area contributed by atoms with Gasteiger partial charge in [0.15, 0.2) is 0 Å². The fourth-order valence-electron chi connectivity index (χ4n) is 2.73. The molecule has 1 aliphatic rings. The summed E-state index contributed by atoms with van der Waals surface area (Å²) in [6, 6.07) is 0.359. The van der Waals surface area contributed by atoms with Crippen LogP contribution in [-0.2, 0) is 4.79 Å². The Morgan fingerprint density at radius 1 is 1.42 bits per heavy atom. The van der Waals surface area contributed by atoms with E-state index in [1.54, 1.807) is 0 Å². The van der Waals surface area contributed by atoms with E-state index in [0.717, 1.165) is 51.6 Å². The largest absolute Gasteiger partial charge is 0.356 e. The van der Waals surface area contributed by atoms with Gasteiger partial charge in [0.2, 0.25) is 6.41 Å². The number of amides is 3. The fraction of sp³-hybridized carbons (Fsp3) is 0.846. The number of nitrogens with two attached hydrogens (primary N) is 1. The monoisotopic (exact) mass is 270 g/mol. The minimum Gasteiger partial charge on any atom is -0.356 e. The second-order valence-electron chi connectivity index (χ2n) is 5.12. The van der Waals surface area contributed by atoms with Crippen LogP contribution in [0, 0.1) is 0 Å². The summed E-state index contributed by atoms with van der Waals surface area (Å²) in [4.78, 5) is 23.6. The summed E-state index contributed by atoms with van der Waals surface area (Å²) < 4.78 is 0. The van der Waals surface area contributed by atoms with Crippen molar-refractivity contribution in [3.8, 4) is 0 Å². The Labute approximate surface area is 115 Å². The van der Waals surface area contributed by atoms with E-state index in [4.69, 9.17) is 5.73 Å². The SMILES string of the molecule is CCCC(CCNC(N)=O)N1CCC(NC=O)CC1. The van der Waals surface area contributed by atoms with Crippen molar-refractivity contribution >= 4 is 12.4 Å². The van der Waals surface area contributed by atoms with Crippen molar-refractivity contribution in [3.05, 3.63) is 0 Å². The standard InChI is InChI=1S/C13H26N4O2/c1-2-3-12(4-7-15-13(14)19)17-8-5-11(6-9-17)16-10-18/h10-12H,2-9H2,1H3,(H,16,18)(H3,14,15,19). The van der Waals surface area contributed by atoms with Gasteiger partial charge in [-0.3, -0.25) is 4.79 Å². The number of piperidine rings is 1. The third-order valence-electron chi connectivity index (χ3n) is 3.75. The first kappa shape index (κ1) is 15.8. The molecule has 0 aromatic carbocycles. The Morgan fingerprint density at radius 3 is 2.63 bits per heavy atom. The number of nitrogens with one attached hydrogen (secondary N) is 2. The van der Waals surface area contributed by atoms with Crippen molar-refractivity contribution in [1.82, 2.24) is 15.5 Å². The lowest BCUT2D eigenvalue weighted by Crippen LogP contribution is -2.47. The first-order chi connectivity index (χ1) is 9.17. The molecule has 6 heteroatoms. The van der Waals surface area contributed by atoms with Crippen LogP contribution < -0.4 is 16.4 Å². The van der Waals surface area contributed by atoms with Crippen molar-refractivity contribution in [2.75, 3.05) is 19.6 Å². The van der Waals surface area contributed by atoms with E-state index in [9.17, 15) is 9.59 Å². The van der Waals surface area contributed by atoms with Gasteiger partial charge in [-0.25, -0.2) is 4.79 Å². The second-order valence-corrected chi connectivity index (χ2v) is 5.12. The van der Waals surface area contributed by atoms with Gasteiger partial charge in [-0.05, 0) is 25.7 Å². The zero-order valence-corrected chi connectivity index (χ0v) is 11.7. The number of nitrogens with zero attached hydrogens (tertiary/aromatic N) is 1. The van der Waals surface area contributed by atoms with Crippen LogP contribution in [0.2, 0.25) is 0 Å². The molecule has 1 rings (SSSR count). The third-order valence-corrected chi connectivity index (χ3v) is 3.75. The first-order valence-corrected chi connectivity index (χ1v) is 7.14. The first-order valence-electron chi connectivity index (χ1n) is 7.14. The number of rotatable bonds is 8. The molecule has 1 saturated heterocycles. The summed E-state index contributed by atoms with van der Waals surface area (Å²) in [5.41, 5.74) is 5.08. The van der Waals surface area contributed by atoms with Crippen LogP contribution in [0.4, 0.5) is 4.79 Å². The molecule has 0 spiro atoms. The molecule has 1 heterocycles. The molecule has 1 fully saturated rings. The lowest BCUT2D eigenvalue weighted by Gasteiger charge is -2.37. The molecule has 0 aromatic heterocycles. The van der Waals surface area contributed by atoms with E-state index in [-0.39, 0.29) is 0 Å². The van der Waals surface area contributed by atoms with Crippen LogP contribution in [0.3, 0.4) is 0 Å². The predicted octanol–water partition coefficient (Wildman–Crippen LogP) is 0.424. The molecular weight excluding hydrogens is 244 g/mol. The molecule has 0 aliphatic carbocycles. The van der Waals surface area contributed by atoms with Gasteiger partial charge < -0.3 is 21.3 Å². The van der Waals surface area contributed by atoms with Gasteiger partial charge in [-0.15, -0.1) is 0 Å². The fourth-order valence-corrected chi connectivity index (χ4v) is 2.73. The number of hydrogen-bond donors (Lipinski definition) is 3. The van der Waals surface area contributed by atoms with Gasteiger partial charge in [0, 0.05) is 31.7 Å². The van der Waals surface area contributed by atoms with Crippen molar-refractivity contribution in [3.63, 3.8) is 0 Å². The second kappa shape index (κ2) is 8.74. The molecule has 0 aromatic rings. The normalized spacial score (nSPS) is 18.8. The highest BCUT2D eigenvalue weighted by atomic mass is 16.2. The van der Waals surface area contributed by atoms with Crippen molar-refractivity contribution in [2.24, 2.45) is 5.73 Å². The van der Waals surface area contributed by atoms with Gasteiger partial charge in [-0.2, -0.15) is 0 Å². The van der Waals surface area contributed by atoms with Crippen LogP contribution in [0.25, 0.3) is 0 Å². The molecular formula is C13H26N4O2. The molecule has 110 valence electrons. The predicted molar refractivity (Wildman–Crippen MR) is 74.7 cm³/mol. The molecule has 0 saturated carbocycles. The van der Waals surface area contributed by atoms with E-state index < -0.39 is 6.03 Å². The van der Waals surface area contributed by atoms with Crippen molar-refractivity contribution in [1.29, 1.82) is 0 Å². The number of hydrogen-bond acceptors (Lipinski definition) is 3. The van der Waals surface area contributed by atoms with Crippen LogP contribution in [-0.4, -0.2) is 49.1 Å². The topological polar surface area (TPSA) is 87.5 Å². The van der Waals surface area contributed by atoms with Gasteiger partial charge in [-0.1, -0.05) is 13.3 Å². The van der Waals surface area contributed by atoms with Crippen molar-refractivity contribution < 1.29 is 9.59 Å². The molecule has 0 radical (unpaired) electrons. The molecule has 19 heavy (non-hydrogen) atoms. The molecule has 1 aliphatic heterocycles. The summed E-state index contributed by atoms with van der Waals surface area (Å²) in [6.07, 6.45) is 5.99. The zero-order valence-electron chi connectivity index (χ0n) is 11.7. The van der Waals surface area contributed by atoms with Gasteiger partial charge >= 0.3 is 6.03 Å². The van der Waals surface area contributed by atoms with Gasteiger partial charge in [0.25, 0.3) is 0 Å². The van der Waals surface area contributed by atoms with E-state index in [1.165, 1.54) is 0 Å². The summed E-state index contributed by atoms with van der Waals surface area (Å²) in [5, 5.41) is 5.51. The maximum absolute atomic E-state index is 10.7. The molecule has 3 amide bonds. The highest BCUT2D eigenvalue weighted by molar-refractivity contribution is 5.71. The van der Waals surface area contributed by atoms with Gasteiger partial charge in [0.1, 0.15) is 0 Å². The molecule has 1 atom stereocenters. The quantitative estimate of drug-likeness (QED) is 0.559. The van der Waals surface area contributed by atoms with E-state index in [1.807, 2.05) is 0 Å². The lowest BCUT2D eigenvalue weighted by atomic mass is 9.99. The smallest absolute Gasteiger partial charge is 0.312 e. The minimum atomic E-state index is -0.455. The van der Waals surface area contributed by atoms with Gasteiger partial charge in [0.05, 0.1) is 0 Å². The average Bonchev–Trinajstić information content (AvgIpc) is 2.39. The molecule has 4 N–H and O–H groups in total. The molecule has 1 unspecified atom stereocenters. The minimum absolute atomic E-state index is 0.319. The zero-order chi connectivity index (χ0) is 14.1. The third kappa shape index (κ3) is 5.92. The number of likely N-dealkylation sites (tertiary alicyclic amines) is 1. The highest BCUT2D eigenvalue weighted by Crippen LogP contribution is 2.18. The Balaban J connectivity index is 2.35. The Bertz CT molecular complexity index is 278. The Morgan fingerprint density at radius 2 is 2.11 bits per heavy atom. The average molecular weight is 270 g/mol. The summed E-state index contributed by atoms with van der Waals surface area (Å²) in [7, 11) is 0. The Hall–Kier alpha value is -1.30. The van der Waals surface area contributed by atoms with Crippen LogP contribution >= 0.6 is 0 Å². The summed E-state index contributed by atoms with van der Waals surface area (Å²) in [6.45, 7) is 4.82. The van der Waals surface area contributed by atoms with E-state index >= 15 is 0 Å². The number of urea groups is 1. The van der Waals surface area contributed by atoms with E-state index in [0.29, 0.717) is 18.6 Å². The van der Waals surface area contributed by atoms with Crippen molar-refractivity contribution in [2.45, 2.75) is 51.1 Å². The van der Waals surface area contributed by atoms with Crippen LogP contribution in [0.15, 0.2) is 0 Å². The number of carbonyl (C=O) groups excluding carboxylic acids is 2. The maximum atomic E-state index is 10.7. The van der Waals surface area contributed by atoms with Crippen LogP contribution in [0.5, 0.6) is 0 Å². The molecule has 0 bridgehead atoms.